The van der Waals surface area contributed by atoms with Gasteiger partial charge in [0, 0.05) is 12.1 Å². The molecule has 6 heteroatoms. The van der Waals surface area contributed by atoms with Gasteiger partial charge in [-0.1, -0.05) is 44.2 Å². The standard InChI is InChI=1S/C23H28N2O4/c1-15(2)13-20(25-21(26)19-8-6-5-7-16(19)3)22(27)24-14-17-9-11-18(12-10-17)23(28)29-4/h5-12,15,20H,13-14H2,1-4H3,(H,24,27)(H,25,26). The Balaban J connectivity index is 2.02. The maximum Gasteiger partial charge on any atom is 0.337 e. The van der Waals surface area contributed by atoms with Crippen LogP contribution >= 0.6 is 0 Å². The average molecular weight is 396 g/mol. The highest BCUT2D eigenvalue weighted by Crippen LogP contribution is 2.11. The third-order valence-corrected chi connectivity index (χ3v) is 4.56. The van der Waals surface area contributed by atoms with Crippen LogP contribution in [0.4, 0.5) is 0 Å². The molecule has 2 aromatic rings. The van der Waals surface area contributed by atoms with Crippen LogP contribution in [0.5, 0.6) is 0 Å². The zero-order chi connectivity index (χ0) is 21.4. The summed E-state index contributed by atoms with van der Waals surface area (Å²) in [4.78, 5) is 36.9. The predicted octanol–water partition coefficient (Wildman–Crippen LogP) is 3.24. The molecule has 2 amide bonds. The van der Waals surface area contributed by atoms with Crippen LogP contribution in [-0.2, 0) is 16.1 Å². The van der Waals surface area contributed by atoms with Crippen LogP contribution < -0.4 is 10.6 Å². The molecule has 6 nitrogen and oxygen atoms in total. The molecule has 29 heavy (non-hydrogen) atoms. The summed E-state index contributed by atoms with van der Waals surface area (Å²) in [5, 5.41) is 5.73. The summed E-state index contributed by atoms with van der Waals surface area (Å²) in [7, 11) is 1.33. The van der Waals surface area contributed by atoms with Crippen LogP contribution in [0.2, 0.25) is 0 Å². The number of rotatable bonds is 8. The fourth-order valence-corrected chi connectivity index (χ4v) is 2.96. The lowest BCUT2D eigenvalue weighted by molar-refractivity contribution is -0.123. The predicted molar refractivity (Wildman–Crippen MR) is 112 cm³/mol. The van der Waals surface area contributed by atoms with Gasteiger partial charge in [-0.2, -0.15) is 0 Å². The van der Waals surface area contributed by atoms with Crippen LogP contribution in [0.1, 0.15) is 52.1 Å². The molecule has 2 aromatic carbocycles. The second-order valence-corrected chi connectivity index (χ2v) is 7.38. The van der Waals surface area contributed by atoms with Crippen LogP contribution in [0, 0.1) is 12.8 Å². The van der Waals surface area contributed by atoms with Gasteiger partial charge >= 0.3 is 5.97 Å². The first-order valence-corrected chi connectivity index (χ1v) is 9.63. The molecule has 1 unspecified atom stereocenters. The van der Waals surface area contributed by atoms with Gasteiger partial charge in [0.25, 0.3) is 5.91 Å². The van der Waals surface area contributed by atoms with Crippen molar-refractivity contribution in [1.82, 2.24) is 10.6 Å². The zero-order valence-corrected chi connectivity index (χ0v) is 17.3. The number of benzene rings is 2. The summed E-state index contributed by atoms with van der Waals surface area (Å²) in [6.07, 6.45) is 0.532. The lowest BCUT2D eigenvalue weighted by atomic mass is 10.0. The van der Waals surface area contributed by atoms with Gasteiger partial charge in [-0.05, 0) is 48.6 Å². The molecule has 0 heterocycles. The topological polar surface area (TPSA) is 84.5 Å². The number of nitrogens with one attached hydrogen (secondary N) is 2. The highest BCUT2D eigenvalue weighted by molar-refractivity contribution is 5.98. The fraction of sp³-hybridized carbons (Fsp3) is 0.348. The van der Waals surface area contributed by atoms with Gasteiger partial charge in [0.05, 0.1) is 12.7 Å². The van der Waals surface area contributed by atoms with Crippen LogP contribution in [-0.4, -0.2) is 30.9 Å². The highest BCUT2D eigenvalue weighted by atomic mass is 16.5. The molecule has 154 valence electrons. The van der Waals surface area contributed by atoms with E-state index in [1.54, 1.807) is 36.4 Å². The van der Waals surface area contributed by atoms with Crippen molar-refractivity contribution >= 4 is 17.8 Å². The van der Waals surface area contributed by atoms with E-state index in [1.807, 2.05) is 32.9 Å². The second kappa shape index (κ2) is 10.4. The molecule has 0 saturated carbocycles. The van der Waals surface area contributed by atoms with Crippen LogP contribution in [0.3, 0.4) is 0 Å². The van der Waals surface area contributed by atoms with Crippen molar-refractivity contribution in [1.29, 1.82) is 0 Å². The molecule has 0 aliphatic heterocycles. The Morgan fingerprint density at radius 2 is 1.66 bits per heavy atom. The summed E-state index contributed by atoms with van der Waals surface area (Å²) in [6.45, 7) is 6.18. The van der Waals surface area contributed by atoms with E-state index < -0.39 is 12.0 Å². The minimum Gasteiger partial charge on any atom is -0.465 e. The van der Waals surface area contributed by atoms with Gasteiger partial charge < -0.3 is 15.4 Å². The molecular weight excluding hydrogens is 368 g/mol. The molecule has 2 N–H and O–H groups in total. The van der Waals surface area contributed by atoms with Gasteiger partial charge in [-0.25, -0.2) is 4.79 Å². The van der Waals surface area contributed by atoms with Crippen LogP contribution in [0.15, 0.2) is 48.5 Å². The van der Waals surface area contributed by atoms with Crippen molar-refractivity contribution in [2.45, 2.75) is 39.8 Å². The van der Waals surface area contributed by atoms with E-state index in [4.69, 9.17) is 0 Å². The molecule has 0 bridgehead atoms. The fourth-order valence-electron chi connectivity index (χ4n) is 2.96. The quantitative estimate of drug-likeness (QED) is 0.671. The summed E-state index contributed by atoms with van der Waals surface area (Å²) >= 11 is 0. The monoisotopic (exact) mass is 396 g/mol. The van der Waals surface area contributed by atoms with Gasteiger partial charge in [0.2, 0.25) is 5.91 Å². The summed E-state index contributed by atoms with van der Waals surface area (Å²) in [5.74, 6) is -0.664. The number of esters is 1. The van der Waals surface area contributed by atoms with E-state index in [0.717, 1.165) is 11.1 Å². The maximum absolute atomic E-state index is 12.7. The lowest BCUT2D eigenvalue weighted by Crippen LogP contribution is -2.47. The smallest absolute Gasteiger partial charge is 0.337 e. The molecule has 1 atom stereocenters. The van der Waals surface area contributed by atoms with Gasteiger partial charge in [-0.3, -0.25) is 9.59 Å². The van der Waals surface area contributed by atoms with Crippen molar-refractivity contribution in [3.05, 3.63) is 70.8 Å². The molecule has 0 radical (unpaired) electrons. The molecule has 0 saturated heterocycles. The third kappa shape index (κ3) is 6.45. The molecule has 0 aliphatic rings. The lowest BCUT2D eigenvalue weighted by Gasteiger charge is -2.21. The molecule has 0 spiro atoms. The Labute approximate surface area is 171 Å². The number of carbonyl (C=O) groups excluding carboxylic acids is 3. The van der Waals surface area contributed by atoms with E-state index in [0.29, 0.717) is 24.1 Å². The van der Waals surface area contributed by atoms with Crippen molar-refractivity contribution in [2.75, 3.05) is 7.11 Å². The molecular formula is C23H28N2O4. The summed E-state index contributed by atoms with van der Waals surface area (Å²) < 4.78 is 4.68. The first-order valence-electron chi connectivity index (χ1n) is 9.63. The second-order valence-electron chi connectivity index (χ2n) is 7.38. The van der Waals surface area contributed by atoms with Crippen molar-refractivity contribution in [3.63, 3.8) is 0 Å². The van der Waals surface area contributed by atoms with Gasteiger partial charge in [0.1, 0.15) is 6.04 Å². The van der Waals surface area contributed by atoms with E-state index in [9.17, 15) is 14.4 Å². The molecule has 0 aliphatic carbocycles. The molecule has 2 rings (SSSR count). The maximum atomic E-state index is 12.7. The Bertz CT molecular complexity index is 859. The number of hydrogen-bond donors (Lipinski definition) is 2. The Kier molecular flexibility index (Phi) is 7.95. The highest BCUT2D eigenvalue weighted by Gasteiger charge is 2.23. The minimum atomic E-state index is -0.628. The van der Waals surface area contributed by atoms with Gasteiger partial charge in [0.15, 0.2) is 0 Å². The largest absolute Gasteiger partial charge is 0.465 e. The first kappa shape index (κ1) is 22.1. The number of methoxy groups -OCH3 is 1. The minimum absolute atomic E-state index is 0.238. The zero-order valence-electron chi connectivity index (χ0n) is 17.3. The number of aryl methyl sites for hydroxylation is 1. The SMILES string of the molecule is COC(=O)c1ccc(CNC(=O)C(CC(C)C)NC(=O)c2ccccc2C)cc1. The number of carbonyl (C=O) groups is 3. The first-order chi connectivity index (χ1) is 13.8. The average Bonchev–Trinajstić information content (AvgIpc) is 2.71. The molecule has 0 fully saturated rings. The van der Waals surface area contributed by atoms with Crippen molar-refractivity contribution in [2.24, 2.45) is 5.92 Å². The third-order valence-electron chi connectivity index (χ3n) is 4.56. The van der Waals surface area contributed by atoms with E-state index >= 15 is 0 Å². The summed E-state index contributed by atoms with van der Waals surface area (Å²) in [5.41, 5.74) is 2.72. The Morgan fingerprint density at radius 3 is 2.24 bits per heavy atom. The Morgan fingerprint density at radius 1 is 1.00 bits per heavy atom. The van der Waals surface area contributed by atoms with Crippen molar-refractivity contribution < 1.29 is 19.1 Å². The van der Waals surface area contributed by atoms with E-state index in [1.165, 1.54) is 7.11 Å². The number of amides is 2. The number of hydrogen-bond acceptors (Lipinski definition) is 4. The van der Waals surface area contributed by atoms with Crippen molar-refractivity contribution in [3.8, 4) is 0 Å². The normalized spacial score (nSPS) is 11.6. The van der Waals surface area contributed by atoms with Crippen LogP contribution in [0.25, 0.3) is 0 Å². The van der Waals surface area contributed by atoms with E-state index in [-0.39, 0.29) is 17.7 Å². The molecule has 0 aromatic heterocycles. The number of ether oxygens (including phenoxy) is 1. The van der Waals surface area contributed by atoms with E-state index in [2.05, 4.69) is 15.4 Å². The Hall–Kier alpha value is -3.15. The van der Waals surface area contributed by atoms with Gasteiger partial charge in [-0.15, -0.1) is 0 Å². The summed E-state index contributed by atoms with van der Waals surface area (Å²) in [6, 6.07) is 13.5.